The first-order valence-electron chi connectivity index (χ1n) is 3.76. The molecule has 0 unspecified atom stereocenters. The molecule has 0 aromatic carbocycles. The summed E-state index contributed by atoms with van der Waals surface area (Å²) in [5.41, 5.74) is 3.76. The summed E-state index contributed by atoms with van der Waals surface area (Å²) in [6.45, 7) is 6.23. The van der Waals surface area contributed by atoms with E-state index in [1.807, 2.05) is 19.2 Å². The standard InChI is InChI=1S/C8H11N.CH2O3.Na.H/c1-6-4-5-9-8(3)7(6)2;2-1(3)4;;/h4-5H,1-3H3;(H2,2,3,4);;. The van der Waals surface area contributed by atoms with Crippen molar-refractivity contribution in [1.29, 1.82) is 0 Å². The van der Waals surface area contributed by atoms with Crippen LogP contribution in [0.15, 0.2) is 12.3 Å². The van der Waals surface area contributed by atoms with Crippen LogP contribution in [0.25, 0.3) is 0 Å². The van der Waals surface area contributed by atoms with Gasteiger partial charge < -0.3 is 10.2 Å². The third-order valence-corrected chi connectivity index (χ3v) is 1.73. The summed E-state index contributed by atoms with van der Waals surface area (Å²) in [6.07, 6.45) is 0.0116. The Morgan fingerprint density at radius 2 is 1.71 bits per heavy atom. The van der Waals surface area contributed by atoms with Gasteiger partial charge in [0, 0.05) is 11.9 Å². The van der Waals surface area contributed by atoms with Gasteiger partial charge in [-0.15, -0.1) is 0 Å². The molecule has 0 aliphatic rings. The fraction of sp³-hybridized carbons (Fsp3) is 0.333. The molecular formula is C9H14NNaO3. The van der Waals surface area contributed by atoms with Crippen molar-refractivity contribution < 1.29 is 15.0 Å². The molecule has 0 aliphatic heterocycles. The molecule has 1 rings (SSSR count). The third kappa shape index (κ3) is 6.88. The van der Waals surface area contributed by atoms with E-state index in [2.05, 4.69) is 18.8 Å². The first kappa shape index (κ1) is 15.9. The molecule has 74 valence electrons. The molecule has 4 nitrogen and oxygen atoms in total. The van der Waals surface area contributed by atoms with E-state index in [4.69, 9.17) is 15.0 Å². The summed E-state index contributed by atoms with van der Waals surface area (Å²) >= 11 is 0. The molecule has 5 heteroatoms. The second kappa shape index (κ2) is 7.79. The summed E-state index contributed by atoms with van der Waals surface area (Å²) in [5.74, 6) is 0. The summed E-state index contributed by atoms with van der Waals surface area (Å²) in [4.78, 5) is 12.7. The topological polar surface area (TPSA) is 70.4 Å². The van der Waals surface area contributed by atoms with E-state index in [0.29, 0.717) is 0 Å². The number of nitrogens with zero attached hydrogens (tertiary/aromatic N) is 1. The Bertz CT molecular complexity index is 278. The number of pyridine rings is 1. The predicted octanol–water partition coefficient (Wildman–Crippen LogP) is 1.58. The van der Waals surface area contributed by atoms with Gasteiger partial charge in [-0.05, 0) is 38.0 Å². The minimum absolute atomic E-state index is 0. The monoisotopic (exact) mass is 207 g/mol. The van der Waals surface area contributed by atoms with Crippen LogP contribution in [0.3, 0.4) is 0 Å². The summed E-state index contributed by atoms with van der Waals surface area (Å²) in [6, 6.07) is 2.03. The minimum atomic E-state index is -1.83. The Hall–Kier alpha value is -0.580. The van der Waals surface area contributed by atoms with Crippen LogP contribution in [-0.2, 0) is 0 Å². The molecule has 0 saturated heterocycles. The molecule has 1 aromatic heterocycles. The Balaban J connectivity index is 0. The molecule has 0 bridgehead atoms. The van der Waals surface area contributed by atoms with Gasteiger partial charge in [0.2, 0.25) is 0 Å². The van der Waals surface area contributed by atoms with Crippen LogP contribution in [0.5, 0.6) is 0 Å². The number of rotatable bonds is 0. The maximum atomic E-state index is 8.56. The number of carboxylic acid groups (broad SMARTS) is 2. The molecule has 0 atom stereocenters. The van der Waals surface area contributed by atoms with Crippen molar-refractivity contribution in [3.63, 3.8) is 0 Å². The average molecular weight is 207 g/mol. The molecule has 0 spiro atoms. The van der Waals surface area contributed by atoms with Crippen LogP contribution in [0.2, 0.25) is 0 Å². The van der Waals surface area contributed by atoms with E-state index in [-0.39, 0.29) is 29.6 Å². The van der Waals surface area contributed by atoms with Gasteiger partial charge >= 0.3 is 35.7 Å². The average Bonchev–Trinajstić information content (AvgIpc) is 1.99. The molecule has 2 N–H and O–H groups in total. The second-order valence-corrected chi connectivity index (χ2v) is 2.62. The van der Waals surface area contributed by atoms with Crippen molar-refractivity contribution in [3.8, 4) is 0 Å². The van der Waals surface area contributed by atoms with Gasteiger partial charge in [0.1, 0.15) is 0 Å². The van der Waals surface area contributed by atoms with Gasteiger partial charge in [-0.2, -0.15) is 0 Å². The summed E-state index contributed by atoms with van der Waals surface area (Å²) < 4.78 is 0. The number of aromatic nitrogens is 1. The zero-order valence-corrected chi connectivity index (χ0v) is 7.90. The van der Waals surface area contributed by atoms with Gasteiger partial charge in [-0.3, -0.25) is 4.98 Å². The Kier molecular flexibility index (Phi) is 8.83. The van der Waals surface area contributed by atoms with Crippen molar-refractivity contribution in [3.05, 3.63) is 29.1 Å². The van der Waals surface area contributed by atoms with Gasteiger partial charge in [0.25, 0.3) is 0 Å². The SMILES string of the molecule is Cc1ccnc(C)c1C.O=C(O)O.[NaH]. The molecular weight excluding hydrogens is 193 g/mol. The zero-order chi connectivity index (χ0) is 10.4. The van der Waals surface area contributed by atoms with Gasteiger partial charge in [-0.25, -0.2) is 4.79 Å². The Morgan fingerprint density at radius 1 is 1.29 bits per heavy atom. The molecule has 1 aromatic rings. The molecule has 14 heavy (non-hydrogen) atoms. The van der Waals surface area contributed by atoms with Crippen molar-refractivity contribution in [2.24, 2.45) is 0 Å². The fourth-order valence-electron chi connectivity index (χ4n) is 0.768. The van der Waals surface area contributed by atoms with E-state index >= 15 is 0 Å². The van der Waals surface area contributed by atoms with Crippen LogP contribution in [0, 0.1) is 20.8 Å². The first-order chi connectivity index (χ1) is 5.95. The summed E-state index contributed by atoms with van der Waals surface area (Å²) in [5, 5.41) is 13.9. The normalized spacial score (nSPS) is 7.93. The van der Waals surface area contributed by atoms with Crippen LogP contribution in [0.4, 0.5) is 4.79 Å². The molecule has 1 heterocycles. The number of aryl methyl sites for hydroxylation is 2. The Morgan fingerprint density at radius 3 is 2.00 bits per heavy atom. The van der Waals surface area contributed by atoms with Crippen LogP contribution >= 0.6 is 0 Å². The van der Waals surface area contributed by atoms with Crippen molar-refractivity contribution in [2.75, 3.05) is 0 Å². The molecule has 0 aliphatic carbocycles. The molecule has 0 radical (unpaired) electrons. The van der Waals surface area contributed by atoms with E-state index in [0.717, 1.165) is 5.69 Å². The van der Waals surface area contributed by atoms with E-state index in [9.17, 15) is 0 Å². The van der Waals surface area contributed by atoms with Crippen LogP contribution in [-0.4, -0.2) is 50.9 Å². The zero-order valence-electron chi connectivity index (χ0n) is 7.90. The van der Waals surface area contributed by atoms with Gasteiger partial charge in [0.15, 0.2) is 0 Å². The van der Waals surface area contributed by atoms with Gasteiger partial charge in [0.05, 0.1) is 0 Å². The van der Waals surface area contributed by atoms with E-state index in [1.54, 1.807) is 0 Å². The summed E-state index contributed by atoms with van der Waals surface area (Å²) in [7, 11) is 0. The van der Waals surface area contributed by atoms with Gasteiger partial charge in [-0.1, -0.05) is 0 Å². The molecule has 0 saturated carbocycles. The van der Waals surface area contributed by atoms with Crippen molar-refractivity contribution in [1.82, 2.24) is 4.98 Å². The van der Waals surface area contributed by atoms with E-state index in [1.165, 1.54) is 11.1 Å². The first-order valence-corrected chi connectivity index (χ1v) is 3.76. The number of hydrogen-bond acceptors (Lipinski definition) is 2. The third-order valence-electron chi connectivity index (χ3n) is 1.73. The van der Waals surface area contributed by atoms with E-state index < -0.39 is 6.16 Å². The van der Waals surface area contributed by atoms with Crippen LogP contribution in [0.1, 0.15) is 16.8 Å². The number of hydrogen-bond donors (Lipinski definition) is 2. The van der Waals surface area contributed by atoms with Crippen molar-refractivity contribution >= 4 is 35.7 Å². The maximum absolute atomic E-state index is 8.56. The number of carbonyl (C=O) groups is 1. The second-order valence-electron chi connectivity index (χ2n) is 2.62. The Labute approximate surface area is 105 Å². The van der Waals surface area contributed by atoms with Crippen molar-refractivity contribution in [2.45, 2.75) is 20.8 Å². The molecule has 0 amide bonds. The quantitative estimate of drug-likeness (QED) is 0.633. The fourth-order valence-corrected chi connectivity index (χ4v) is 0.768. The van der Waals surface area contributed by atoms with Crippen LogP contribution < -0.4 is 0 Å². The predicted molar refractivity (Wildman–Crippen MR) is 56.3 cm³/mol. The molecule has 0 fully saturated rings.